The van der Waals surface area contributed by atoms with E-state index in [1.54, 1.807) is 36.4 Å². The number of hydrazine groups is 2. The fourth-order valence-electron chi connectivity index (χ4n) is 4.62. The summed E-state index contributed by atoms with van der Waals surface area (Å²) in [5.74, 6) is -1.27. The second-order valence-corrected chi connectivity index (χ2v) is 12.0. The molecule has 0 radical (unpaired) electrons. The third kappa shape index (κ3) is 14.3. The van der Waals surface area contributed by atoms with Crippen molar-refractivity contribution >= 4 is 48.3 Å². The molecule has 4 N–H and O–H groups in total. The van der Waals surface area contributed by atoms with Crippen LogP contribution in [-0.4, -0.2) is 51.3 Å². The lowest BCUT2D eigenvalue weighted by Crippen LogP contribution is -2.28. The van der Waals surface area contributed by atoms with Gasteiger partial charge in [-0.1, -0.05) is 12.1 Å². The molecule has 0 fully saturated rings. The molecule has 0 spiro atoms. The highest BCUT2D eigenvalue weighted by Crippen LogP contribution is 2.39. The van der Waals surface area contributed by atoms with Crippen LogP contribution in [-0.2, 0) is 34.3 Å². The molecule has 0 unspecified atom stereocenters. The average Bonchev–Trinajstić information content (AvgIpc) is 3.91. The number of carbonyl (C=O) groups excluding carboxylic acids is 2. The zero-order valence-corrected chi connectivity index (χ0v) is 31.7. The molecule has 6 aromatic rings. The van der Waals surface area contributed by atoms with E-state index in [1.165, 1.54) is 12.4 Å². The van der Waals surface area contributed by atoms with Gasteiger partial charge in [-0.05, 0) is 60.7 Å². The highest BCUT2D eigenvalue weighted by Gasteiger charge is 2.38. The van der Waals surface area contributed by atoms with E-state index in [4.69, 9.17) is 0 Å². The molecule has 2 aromatic carbocycles. The van der Waals surface area contributed by atoms with Crippen LogP contribution in [0.3, 0.4) is 0 Å². The van der Waals surface area contributed by atoms with Crippen molar-refractivity contribution in [3.63, 3.8) is 0 Å². The maximum Gasteiger partial charge on any atom is 0.416 e. The molecule has 0 aliphatic rings. The van der Waals surface area contributed by atoms with Gasteiger partial charge in [0.2, 0.25) is 0 Å². The SMILES string of the molecule is Cl.O=C(/C=C\n1cnc(-c2cc(C(F)(F)F)cc(C(F)(F)F)c2)n1)NNc1ccccn1.O=C(/C=C\n1cnc(-c2cc(C(F)(F)F)cc(C(F)(F)F)c2)n1)NNc1ccccn1. The highest BCUT2D eigenvalue weighted by atomic mass is 35.5. The number of alkyl halides is 12. The van der Waals surface area contributed by atoms with Crippen LogP contribution in [0.4, 0.5) is 64.3 Å². The van der Waals surface area contributed by atoms with Crippen molar-refractivity contribution in [2.24, 2.45) is 0 Å². The predicted octanol–water partition coefficient (Wildman–Crippen LogP) is 8.41. The van der Waals surface area contributed by atoms with Crippen molar-refractivity contribution in [2.45, 2.75) is 24.7 Å². The van der Waals surface area contributed by atoms with Crippen LogP contribution in [0.5, 0.6) is 0 Å². The third-order valence-corrected chi connectivity index (χ3v) is 7.42. The summed E-state index contributed by atoms with van der Waals surface area (Å²) in [6.45, 7) is 0. The van der Waals surface area contributed by atoms with Gasteiger partial charge >= 0.3 is 24.7 Å². The topological polar surface area (TPSA) is 169 Å². The minimum atomic E-state index is -4.99. The number of aromatic nitrogens is 8. The Balaban J connectivity index is 0.000000272. The van der Waals surface area contributed by atoms with Crippen molar-refractivity contribution in [3.8, 4) is 22.8 Å². The van der Waals surface area contributed by atoms with Crippen LogP contribution in [0.15, 0.2) is 110 Å². The molecule has 0 atom stereocenters. The number of nitrogens with one attached hydrogen (secondary N) is 4. The molecular formula is C36H25ClF12N12O2. The third-order valence-electron chi connectivity index (χ3n) is 7.42. The average molecular weight is 921 g/mol. The van der Waals surface area contributed by atoms with Crippen LogP contribution >= 0.6 is 12.4 Å². The van der Waals surface area contributed by atoms with E-state index < -0.39 is 69.9 Å². The molecule has 0 bridgehead atoms. The lowest BCUT2D eigenvalue weighted by atomic mass is 10.0. The fourth-order valence-corrected chi connectivity index (χ4v) is 4.62. The molecule has 4 heterocycles. The van der Waals surface area contributed by atoms with Gasteiger partial charge < -0.3 is 0 Å². The zero-order valence-electron chi connectivity index (χ0n) is 30.9. The lowest BCUT2D eigenvalue weighted by Gasteiger charge is -2.13. The largest absolute Gasteiger partial charge is 0.416 e. The molecule has 4 aromatic heterocycles. The predicted molar refractivity (Wildman–Crippen MR) is 201 cm³/mol. The van der Waals surface area contributed by atoms with Gasteiger partial charge in [-0.25, -0.2) is 29.3 Å². The Morgan fingerprint density at radius 1 is 0.492 bits per heavy atom. The van der Waals surface area contributed by atoms with Gasteiger partial charge in [-0.3, -0.25) is 31.3 Å². The van der Waals surface area contributed by atoms with Crippen molar-refractivity contribution in [3.05, 3.63) is 132 Å². The second kappa shape index (κ2) is 19.9. The summed E-state index contributed by atoms with van der Waals surface area (Å²) in [7, 11) is 0. The Hall–Kier alpha value is -7.51. The van der Waals surface area contributed by atoms with E-state index in [-0.39, 0.29) is 36.2 Å². The van der Waals surface area contributed by atoms with E-state index >= 15 is 0 Å². The Bertz CT molecular complexity index is 2300. The molecule has 27 heteroatoms. The molecule has 0 saturated heterocycles. The van der Waals surface area contributed by atoms with Crippen molar-refractivity contribution in [2.75, 3.05) is 10.9 Å². The van der Waals surface area contributed by atoms with E-state index in [0.717, 1.165) is 46.6 Å². The highest BCUT2D eigenvalue weighted by molar-refractivity contribution is 5.91. The number of anilines is 2. The van der Waals surface area contributed by atoms with Crippen molar-refractivity contribution in [1.82, 2.24) is 50.3 Å². The molecule has 6 rings (SSSR count). The van der Waals surface area contributed by atoms with Crippen molar-refractivity contribution in [1.29, 1.82) is 0 Å². The number of carbonyl (C=O) groups is 2. The Morgan fingerprint density at radius 3 is 1.11 bits per heavy atom. The number of pyridine rings is 2. The molecule has 14 nitrogen and oxygen atoms in total. The fraction of sp³-hybridized carbons (Fsp3) is 0.111. The van der Waals surface area contributed by atoms with Gasteiger partial charge in [0, 0.05) is 48.1 Å². The summed E-state index contributed by atoms with van der Waals surface area (Å²) >= 11 is 0. The number of rotatable bonds is 10. The van der Waals surface area contributed by atoms with Crippen LogP contribution < -0.4 is 21.7 Å². The first-order valence-electron chi connectivity index (χ1n) is 16.8. The van der Waals surface area contributed by atoms with Crippen LogP contribution in [0.1, 0.15) is 22.3 Å². The summed E-state index contributed by atoms with van der Waals surface area (Å²) < 4.78 is 158. The number of hydrogen-bond acceptors (Lipinski definition) is 10. The lowest BCUT2D eigenvalue weighted by molar-refractivity contribution is -0.144. The summed E-state index contributed by atoms with van der Waals surface area (Å²) in [6.07, 6.45) is -10.6. The quantitative estimate of drug-likeness (QED) is 0.0595. The summed E-state index contributed by atoms with van der Waals surface area (Å²) in [6, 6.07) is 12.0. The maximum absolute atomic E-state index is 13.0. The normalized spacial score (nSPS) is 12.0. The van der Waals surface area contributed by atoms with Gasteiger partial charge in [0.05, 0.1) is 22.3 Å². The Morgan fingerprint density at radius 2 is 0.825 bits per heavy atom. The van der Waals surface area contributed by atoms with Crippen molar-refractivity contribution < 1.29 is 62.3 Å². The zero-order chi connectivity index (χ0) is 45.3. The maximum atomic E-state index is 13.0. The molecule has 2 amide bonds. The van der Waals surface area contributed by atoms with Crippen LogP contribution in [0.25, 0.3) is 35.2 Å². The minimum absolute atomic E-state index is 0. The summed E-state index contributed by atoms with van der Waals surface area (Å²) in [5.41, 5.74) is 2.79. The van der Waals surface area contributed by atoms with Crippen LogP contribution in [0.2, 0.25) is 0 Å². The van der Waals surface area contributed by atoms with E-state index in [1.807, 2.05) is 0 Å². The monoisotopic (exact) mass is 920 g/mol. The molecule has 332 valence electrons. The first-order chi connectivity index (χ1) is 29.0. The summed E-state index contributed by atoms with van der Waals surface area (Å²) in [5, 5.41) is 7.58. The van der Waals surface area contributed by atoms with Gasteiger partial charge in [-0.15, -0.1) is 22.6 Å². The first-order valence-corrected chi connectivity index (χ1v) is 16.8. The standard InChI is InChI=1S/2C18H12F6N6O.ClH/c2*19-17(20,21)12-7-11(8-13(9-12)18(22,23)24)16-26-10-30(29-16)6-4-15(31)28-27-14-3-1-2-5-25-14;/h2*1-10H,(H,25,27)(H,28,31);1H/b2*6-4-;. The number of hydrogen-bond donors (Lipinski definition) is 4. The number of nitrogens with zero attached hydrogens (tertiary/aromatic N) is 8. The van der Waals surface area contributed by atoms with E-state index in [0.29, 0.717) is 35.9 Å². The van der Waals surface area contributed by atoms with Gasteiger partial charge in [0.15, 0.2) is 11.6 Å². The number of halogens is 13. The van der Waals surface area contributed by atoms with Gasteiger partial charge in [-0.2, -0.15) is 52.7 Å². The molecule has 63 heavy (non-hydrogen) atoms. The second-order valence-electron chi connectivity index (χ2n) is 12.0. The van der Waals surface area contributed by atoms with Gasteiger partial charge in [0.25, 0.3) is 11.8 Å². The number of benzene rings is 2. The first kappa shape index (κ1) is 48.2. The van der Waals surface area contributed by atoms with E-state index in [9.17, 15) is 62.3 Å². The molecule has 0 saturated carbocycles. The minimum Gasteiger partial charge on any atom is -0.282 e. The Kier molecular flexibility index (Phi) is 15.2. The smallest absolute Gasteiger partial charge is 0.282 e. The van der Waals surface area contributed by atoms with E-state index in [2.05, 4.69) is 51.8 Å². The van der Waals surface area contributed by atoms with Gasteiger partial charge in [0.1, 0.15) is 24.3 Å². The van der Waals surface area contributed by atoms with Crippen LogP contribution in [0, 0.1) is 0 Å². The number of amides is 2. The molecule has 0 aliphatic heterocycles. The summed E-state index contributed by atoms with van der Waals surface area (Å²) in [4.78, 5) is 38.8. The molecular weight excluding hydrogens is 896 g/mol. The molecule has 0 aliphatic carbocycles. The Labute approximate surface area is 351 Å².